The molecule has 1 aromatic heterocycles. The van der Waals surface area contributed by atoms with Crippen LogP contribution in [0, 0.1) is 6.92 Å². The van der Waals surface area contributed by atoms with E-state index in [1.54, 1.807) is 0 Å². The largest absolute Gasteiger partial charge is 0.378 e. The maximum Gasteiger partial charge on any atom is 0.129 e. The van der Waals surface area contributed by atoms with Crippen LogP contribution in [0.25, 0.3) is 0 Å². The minimum atomic E-state index is 0.421. The molecule has 1 saturated heterocycles. The Labute approximate surface area is 109 Å². The first-order valence-electron chi connectivity index (χ1n) is 6.77. The Morgan fingerprint density at radius 2 is 2.11 bits per heavy atom. The number of anilines is 1. The summed E-state index contributed by atoms with van der Waals surface area (Å²) in [4.78, 5) is 6.94. The van der Waals surface area contributed by atoms with Gasteiger partial charge in [0.2, 0.25) is 0 Å². The number of aromatic nitrogens is 1. The van der Waals surface area contributed by atoms with E-state index in [1.807, 2.05) is 6.92 Å². The Morgan fingerprint density at radius 1 is 1.39 bits per heavy atom. The summed E-state index contributed by atoms with van der Waals surface area (Å²) in [7, 11) is 0. The normalized spacial score (nSPS) is 17.2. The van der Waals surface area contributed by atoms with E-state index in [1.165, 1.54) is 0 Å². The van der Waals surface area contributed by atoms with E-state index < -0.39 is 0 Å². The van der Waals surface area contributed by atoms with Crippen molar-refractivity contribution in [3.8, 4) is 0 Å². The van der Waals surface area contributed by atoms with Crippen molar-refractivity contribution in [3.05, 3.63) is 23.4 Å². The van der Waals surface area contributed by atoms with Crippen molar-refractivity contribution in [3.63, 3.8) is 0 Å². The van der Waals surface area contributed by atoms with Gasteiger partial charge in [-0.3, -0.25) is 0 Å². The van der Waals surface area contributed by atoms with Crippen molar-refractivity contribution < 1.29 is 4.74 Å². The molecular formula is C14H23N3O. The SMILES string of the molecule is CCOC1CCN(c2cc(CN)cc(C)n2)CC1. The number of hydrogen-bond donors (Lipinski definition) is 1. The summed E-state index contributed by atoms with van der Waals surface area (Å²) in [6, 6.07) is 4.16. The molecule has 2 heterocycles. The Morgan fingerprint density at radius 3 is 2.72 bits per heavy atom. The molecule has 1 fully saturated rings. The van der Waals surface area contributed by atoms with Crippen molar-refractivity contribution >= 4 is 5.82 Å². The third-order valence-corrected chi connectivity index (χ3v) is 3.40. The lowest BCUT2D eigenvalue weighted by atomic mass is 10.1. The summed E-state index contributed by atoms with van der Waals surface area (Å²) in [5.74, 6) is 1.06. The molecule has 0 spiro atoms. The fourth-order valence-electron chi connectivity index (χ4n) is 2.49. The zero-order valence-corrected chi connectivity index (χ0v) is 11.4. The first kappa shape index (κ1) is 13.3. The van der Waals surface area contributed by atoms with E-state index in [9.17, 15) is 0 Å². The van der Waals surface area contributed by atoms with E-state index in [0.717, 1.165) is 49.6 Å². The molecule has 0 unspecified atom stereocenters. The lowest BCUT2D eigenvalue weighted by Gasteiger charge is -2.32. The minimum absolute atomic E-state index is 0.421. The van der Waals surface area contributed by atoms with Crippen LogP contribution in [-0.2, 0) is 11.3 Å². The standard InChI is InChI=1S/C14H23N3O/c1-3-18-13-4-6-17(7-5-13)14-9-12(10-15)8-11(2)16-14/h8-9,13H,3-7,10,15H2,1-2H3. The predicted octanol–water partition coefficient (Wildman–Crippen LogP) is 1.85. The van der Waals surface area contributed by atoms with Gasteiger partial charge in [-0.15, -0.1) is 0 Å². The van der Waals surface area contributed by atoms with Crippen LogP contribution >= 0.6 is 0 Å². The Hall–Kier alpha value is -1.13. The molecule has 4 heteroatoms. The highest BCUT2D eigenvalue weighted by molar-refractivity contribution is 5.43. The van der Waals surface area contributed by atoms with Gasteiger partial charge in [0.15, 0.2) is 0 Å². The molecule has 0 amide bonds. The third-order valence-electron chi connectivity index (χ3n) is 3.40. The number of piperidine rings is 1. The molecule has 1 aliphatic rings. The molecule has 100 valence electrons. The molecule has 0 radical (unpaired) electrons. The van der Waals surface area contributed by atoms with Crippen molar-refractivity contribution in [1.29, 1.82) is 0 Å². The zero-order valence-electron chi connectivity index (χ0n) is 11.4. The summed E-state index contributed by atoms with van der Waals surface area (Å²) in [6.07, 6.45) is 2.59. The van der Waals surface area contributed by atoms with E-state index in [-0.39, 0.29) is 0 Å². The highest BCUT2D eigenvalue weighted by atomic mass is 16.5. The Kier molecular flexibility index (Phi) is 4.55. The number of pyridine rings is 1. The molecule has 0 saturated carbocycles. The lowest BCUT2D eigenvalue weighted by Crippen LogP contribution is -2.37. The fourth-order valence-corrected chi connectivity index (χ4v) is 2.49. The molecule has 0 bridgehead atoms. The van der Waals surface area contributed by atoms with Crippen LogP contribution in [0.15, 0.2) is 12.1 Å². The first-order valence-corrected chi connectivity index (χ1v) is 6.77. The molecule has 2 N–H and O–H groups in total. The van der Waals surface area contributed by atoms with Crippen LogP contribution < -0.4 is 10.6 Å². The molecule has 0 aromatic carbocycles. The van der Waals surface area contributed by atoms with Gasteiger partial charge in [0, 0.05) is 31.9 Å². The highest BCUT2D eigenvalue weighted by Crippen LogP contribution is 2.21. The van der Waals surface area contributed by atoms with Crippen molar-refractivity contribution in [2.24, 2.45) is 5.73 Å². The number of hydrogen-bond acceptors (Lipinski definition) is 4. The highest BCUT2D eigenvalue weighted by Gasteiger charge is 2.20. The Balaban J connectivity index is 2.02. The predicted molar refractivity (Wildman–Crippen MR) is 73.7 cm³/mol. The second kappa shape index (κ2) is 6.16. The quantitative estimate of drug-likeness (QED) is 0.885. The maximum atomic E-state index is 5.71. The van der Waals surface area contributed by atoms with Gasteiger partial charge in [-0.2, -0.15) is 0 Å². The maximum absolute atomic E-state index is 5.71. The average molecular weight is 249 g/mol. The van der Waals surface area contributed by atoms with E-state index in [2.05, 4.69) is 28.9 Å². The van der Waals surface area contributed by atoms with Crippen LogP contribution in [0.5, 0.6) is 0 Å². The summed E-state index contributed by atoms with van der Waals surface area (Å²) < 4.78 is 5.67. The molecule has 18 heavy (non-hydrogen) atoms. The molecule has 0 atom stereocenters. The first-order chi connectivity index (χ1) is 8.72. The van der Waals surface area contributed by atoms with Gasteiger partial charge in [0.25, 0.3) is 0 Å². The van der Waals surface area contributed by atoms with Crippen molar-refractivity contribution in [2.75, 3.05) is 24.6 Å². The lowest BCUT2D eigenvalue weighted by molar-refractivity contribution is 0.0458. The van der Waals surface area contributed by atoms with Crippen LogP contribution in [0.4, 0.5) is 5.82 Å². The summed E-state index contributed by atoms with van der Waals surface area (Å²) in [5, 5.41) is 0. The van der Waals surface area contributed by atoms with Crippen molar-refractivity contribution in [1.82, 2.24) is 4.98 Å². The number of aryl methyl sites for hydroxylation is 1. The molecular weight excluding hydrogens is 226 g/mol. The monoisotopic (exact) mass is 249 g/mol. The van der Waals surface area contributed by atoms with E-state index >= 15 is 0 Å². The van der Waals surface area contributed by atoms with Gasteiger partial charge < -0.3 is 15.4 Å². The number of nitrogens with zero attached hydrogens (tertiary/aromatic N) is 2. The number of ether oxygens (including phenoxy) is 1. The minimum Gasteiger partial charge on any atom is -0.378 e. The summed E-state index contributed by atoms with van der Waals surface area (Å²) >= 11 is 0. The van der Waals surface area contributed by atoms with E-state index in [4.69, 9.17) is 10.5 Å². The van der Waals surface area contributed by atoms with Gasteiger partial charge in [-0.25, -0.2) is 4.98 Å². The average Bonchev–Trinajstić information content (AvgIpc) is 2.39. The van der Waals surface area contributed by atoms with Gasteiger partial charge >= 0.3 is 0 Å². The number of rotatable bonds is 4. The smallest absolute Gasteiger partial charge is 0.129 e. The van der Waals surface area contributed by atoms with E-state index in [0.29, 0.717) is 12.6 Å². The van der Waals surface area contributed by atoms with Gasteiger partial charge in [0.05, 0.1) is 6.10 Å². The zero-order chi connectivity index (χ0) is 13.0. The molecule has 0 aliphatic carbocycles. The molecule has 4 nitrogen and oxygen atoms in total. The molecule has 1 aromatic rings. The van der Waals surface area contributed by atoms with Gasteiger partial charge in [0.1, 0.15) is 5.82 Å². The summed E-state index contributed by atoms with van der Waals surface area (Å²) in [5.41, 5.74) is 7.91. The molecule has 2 rings (SSSR count). The number of nitrogens with two attached hydrogens (primary N) is 1. The van der Waals surface area contributed by atoms with Crippen LogP contribution in [0.2, 0.25) is 0 Å². The second-order valence-corrected chi connectivity index (χ2v) is 4.82. The van der Waals surface area contributed by atoms with Crippen molar-refractivity contribution in [2.45, 2.75) is 39.3 Å². The van der Waals surface area contributed by atoms with Crippen LogP contribution in [-0.4, -0.2) is 30.8 Å². The summed E-state index contributed by atoms with van der Waals surface area (Å²) in [6.45, 7) is 7.50. The Bertz CT molecular complexity index is 387. The second-order valence-electron chi connectivity index (χ2n) is 4.82. The van der Waals surface area contributed by atoms with Crippen LogP contribution in [0.3, 0.4) is 0 Å². The van der Waals surface area contributed by atoms with Gasteiger partial charge in [-0.1, -0.05) is 0 Å². The fraction of sp³-hybridized carbons (Fsp3) is 0.643. The van der Waals surface area contributed by atoms with Gasteiger partial charge in [-0.05, 0) is 44.4 Å². The molecule has 1 aliphatic heterocycles. The third kappa shape index (κ3) is 3.21. The van der Waals surface area contributed by atoms with Crippen LogP contribution in [0.1, 0.15) is 31.0 Å². The topological polar surface area (TPSA) is 51.4 Å².